The minimum atomic E-state index is -0.404. The molecule has 0 saturated heterocycles. The number of ether oxygens (including phenoxy) is 3. The number of aryl methyl sites for hydroxylation is 1. The number of nitrogen functional groups attached to an aromatic ring is 1. The van der Waals surface area contributed by atoms with E-state index in [2.05, 4.69) is 25.7 Å². The first-order chi connectivity index (χ1) is 17.1. The van der Waals surface area contributed by atoms with E-state index in [9.17, 15) is 4.79 Å². The lowest BCUT2D eigenvalue weighted by molar-refractivity contribution is -0.142. The second-order valence-corrected chi connectivity index (χ2v) is 8.17. The number of nitrogens with zero attached hydrogens (tertiary/aromatic N) is 3. The largest absolute Gasteiger partial charge is 0.482 e. The van der Waals surface area contributed by atoms with Crippen molar-refractivity contribution in [2.75, 3.05) is 39.7 Å². The van der Waals surface area contributed by atoms with Gasteiger partial charge >= 0.3 is 5.97 Å². The first kappa shape index (κ1) is 24.4. The van der Waals surface area contributed by atoms with Crippen LogP contribution in [0, 0.1) is 0 Å². The zero-order valence-electron chi connectivity index (χ0n) is 20.1. The van der Waals surface area contributed by atoms with Crippen molar-refractivity contribution in [2.45, 2.75) is 25.9 Å². The van der Waals surface area contributed by atoms with Gasteiger partial charge in [0.05, 0.1) is 24.8 Å². The molecule has 9 nitrogen and oxygen atoms in total. The van der Waals surface area contributed by atoms with Crippen molar-refractivity contribution in [3.05, 3.63) is 59.9 Å². The SMILES string of the molecule is COCCc1nc2c(N)nc3ccccc3c2n1CCCNCc1ccc(OCC(=O)OC)cc1. The van der Waals surface area contributed by atoms with Gasteiger partial charge in [-0.2, -0.15) is 0 Å². The van der Waals surface area contributed by atoms with E-state index < -0.39 is 5.97 Å². The molecule has 2 heterocycles. The third-order valence-corrected chi connectivity index (χ3v) is 5.79. The third kappa shape index (κ3) is 5.87. The number of rotatable bonds is 12. The van der Waals surface area contributed by atoms with Crippen molar-refractivity contribution in [3.63, 3.8) is 0 Å². The van der Waals surface area contributed by atoms with Crippen molar-refractivity contribution in [1.29, 1.82) is 0 Å². The summed E-state index contributed by atoms with van der Waals surface area (Å²) in [4.78, 5) is 20.5. The molecule has 0 spiro atoms. The lowest BCUT2D eigenvalue weighted by Gasteiger charge is -2.12. The maximum Gasteiger partial charge on any atom is 0.343 e. The highest BCUT2D eigenvalue weighted by molar-refractivity contribution is 6.06. The number of para-hydroxylation sites is 1. The average molecular weight is 478 g/mol. The molecule has 2 aromatic heterocycles. The second-order valence-electron chi connectivity index (χ2n) is 8.17. The van der Waals surface area contributed by atoms with E-state index in [1.807, 2.05) is 42.5 Å². The molecule has 9 heteroatoms. The number of fused-ring (bicyclic) bond motifs is 3. The van der Waals surface area contributed by atoms with Gasteiger partial charge in [0.25, 0.3) is 0 Å². The van der Waals surface area contributed by atoms with Crippen LogP contribution in [0.1, 0.15) is 17.8 Å². The highest BCUT2D eigenvalue weighted by Gasteiger charge is 2.17. The number of methoxy groups -OCH3 is 2. The number of imidazole rings is 1. The Balaban J connectivity index is 1.39. The summed E-state index contributed by atoms with van der Waals surface area (Å²) >= 11 is 0. The van der Waals surface area contributed by atoms with Crippen LogP contribution in [0.25, 0.3) is 21.9 Å². The normalized spacial score (nSPS) is 11.3. The number of anilines is 1. The number of hydrogen-bond acceptors (Lipinski definition) is 8. The van der Waals surface area contributed by atoms with Crippen LogP contribution >= 0.6 is 0 Å². The van der Waals surface area contributed by atoms with Gasteiger partial charge in [0.2, 0.25) is 0 Å². The van der Waals surface area contributed by atoms with Crippen molar-refractivity contribution >= 4 is 33.7 Å². The number of nitrogens with two attached hydrogens (primary N) is 1. The van der Waals surface area contributed by atoms with Gasteiger partial charge in [-0.15, -0.1) is 0 Å². The van der Waals surface area contributed by atoms with Gasteiger partial charge in [-0.3, -0.25) is 0 Å². The molecule has 0 aliphatic carbocycles. The monoisotopic (exact) mass is 477 g/mol. The van der Waals surface area contributed by atoms with E-state index in [-0.39, 0.29) is 6.61 Å². The molecule has 184 valence electrons. The van der Waals surface area contributed by atoms with Gasteiger partial charge < -0.3 is 29.8 Å². The molecular weight excluding hydrogens is 446 g/mol. The van der Waals surface area contributed by atoms with E-state index in [4.69, 9.17) is 20.2 Å². The molecule has 3 N–H and O–H groups in total. The fourth-order valence-corrected chi connectivity index (χ4v) is 4.03. The Bertz CT molecular complexity index is 1290. The molecule has 35 heavy (non-hydrogen) atoms. The molecule has 4 aromatic rings. The van der Waals surface area contributed by atoms with Gasteiger partial charge in [-0.05, 0) is 36.7 Å². The van der Waals surface area contributed by atoms with Crippen LogP contribution < -0.4 is 15.8 Å². The van der Waals surface area contributed by atoms with E-state index in [0.29, 0.717) is 24.6 Å². The van der Waals surface area contributed by atoms with Gasteiger partial charge in [0.1, 0.15) is 17.1 Å². The Labute approximate surface area is 204 Å². The molecule has 4 rings (SSSR count). The van der Waals surface area contributed by atoms with Crippen LogP contribution in [0.5, 0.6) is 5.75 Å². The van der Waals surface area contributed by atoms with E-state index in [0.717, 1.165) is 59.4 Å². The Hall–Kier alpha value is -3.69. The maximum atomic E-state index is 11.2. The zero-order valence-corrected chi connectivity index (χ0v) is 20.1. The smallest absolute Gasteiger partial charge is 0.343 e. The van der Waals surface area contributed by atoms with Gasteiger partial charge in [0, 0.05) is 32.0 Å². The maximum absolute atomic E-state index is 11.2. The molecule has 2 aromatic carbocycles. The minimum absolute atomic E-state index is 0.0968. The zero-order chi connectivity index (χ0) is 24.6. The predicted octanol–water partition coefficient (Wildman–Crippen LogP) is 3.09. The number of hydrogen-bond donors (Lipinski definition) is 2. The molecule has 0 atom stereocenters. The average Bonchev–Trinajstić information content (AvgIpc) is 3.25. The summed E-state index contributed by atoms with van der Waals surface area (Å²) in [5, 5.41) is 4.54. The molecular formula is C26H31N5O4. The van der Waals surface area contributed by atoms with Gasteiger partial charge in [-0.1, -0.05) is 30.3 Å². The van der Waals surface area contributed by atoms with Crippen molar-refractivity contribution < 1.29 is 19.0 Å². The summed E-state index contributed by atoms with van der Waals surface area (Å²) in [6.07, 6.45) is 1.62. The van der Waals surface area contributed by atoms with Gasteiger partial charge in [0.15, 0.2) is 12.4 Å². The van der Waals surface area contributed by atoms with Crippen molar-refractivity contribution in [1.82, 2.24) is 19.9 Å². The van der Waals surface area contributed by atoms with Crippen LogP contribution in [-0.2, 0) is 33.8 Å². The quantitative estimate of drug-likeness (QED) is 0.236. The van der Waals surface area contributed by atoms with E-state index in [1.54, 1.807) is 7.11 Å². The fourth-order valence-electron chi connectivity index (χ4n) is 4.03. The standard InChI is InChI=1S/C26H31N5O4/c1-33-15-12-22-30-24-25(20-6-3-4-7-21(20)29-26(24)27)31(22)14-5-13-28-16-18-8-10-19(11-9-18)35-17-23(32)34-2/h3-4,6-11,28H,5,12-17H2,1-2H3,(H2,27,29). The highest BCUT2D eigenvalue weighted by Crippen LogP contribution is 2.29. The third-order valence-electron chi connectivity index (χ3n) is 5.79. The number of esters is 1. The molecule has 0 unspecified atom stereocenters. The lowest BCUT2D eigenvalue weighted by atomic mass is 10.2. The van der Waals surface area contributed by atoms with Crippen LogP contribution in [0.15, 0.2) is 48.5 Å². The Morgan fingerprint density at radius 1 is 1.09 bits per heavy atom. The summed E-state index contributed by atoms with van der Waals surface area (Å²) in [6.45, 7) is 2.86. The molecule has 0 aliphatic rings. The number of carbonyl (C=O) groups is 1. The fraction of sp³-hybridized carbons (Fsp3) is 0.346. The van der Waals surface area contributed by atoms with Gasteiger partial charge in [-0.25, -0.2) is 14.8 Å². The van der Waals surface area contributed by atoms with E-state index >= 15 is 0 Å². The minimum Gasteiger partial charge on any atom is -0.482 e. The number of aromatic nitrogens is 3. The number of pyridine rings is 1. The van der Waals surface area contributed by atoms with Crippen LogP contribution in [0.2, 0.25) is 0 Å². The van der Waals surface area contributed by atoms with Crippen LogP contribution in [0.4, 0.5) is 5.82 Å². The summed E-state index contributed by atoms with van der Waals surface area (Å²) in [7, 11) is 3.03. The topological polar surface area (TPSA) is 114 Å². The van der Waals surface area contributed by atoms with Crippen LogP contribution in [0.3, 0.4) is 0 Å². The Morgan fingerprint density at radius 3 is 2.66 bits per heavy atom. The Kier molecular flexibility index (Phi) is 8.12. The first-order valence-electron chi connectivity index (χ1n) is 11.6. The summed E-state index contributed by atoms with van der Waals surface area (Å²) in [5.74, 6) is 1.64. The molecule has 0 saturated carbocycles. The second kappa shape index (κ2) is 11.6. The molecule has 0 aliphatic heterocycles. The molecule has 0 amide bonds. The molecule has 0 radical (unpaired) electrons. The lowest BCUT2D eigenvalue weighted by Crippen LogP contribution is -2.17. The first-order valence-corrected chi connectivity index (χ1v) is 11.6. The Morgan fingerprint density at radius 2 is 1.89 bits per heavy atom. The van der Waals surface area contributed by atoms with Crippen LogP contribution in [-0.4, -0.2) is 54.5 Å². The summed E-state index contributed by atoms with van der Waals surface area (Å²) in [5.41, 5.74) is 10.0. The van der Waals surface area contributed by atoms with Crippen molar-refractivity contribution in [2.24, 2.45) is 0 Å². The highest BCUT2D eigenvalue weighted by atomic mass is 16.6. The number of carbonyl (C=O) groups excluding carboxylic acids is 1. The van der Waals surface area contributed by atoms with Crippen molar-refractivity contribution in [3.8, 4) is 5.75 Å². The van der Waals surface area contributed by atoms with E-state index in [1.165, 1.54) is 7.11 Å². The summed E-state index contributed by atoms with van der Waals surface area (Å²) < 4.78 is 17.5. The number of nitrogens with one attached hydrogen (secondary N) is 1. The number of benzene rings is 2. The molecule has 0 bridgehead atoms. The molecule has 0 fully saturated rings. The summed E-state index contributed by atoms with van der Waals surface area (Å²) in [6, 6.07) is 15.7. The predicted molar refractivity (Wildman–Crippen MR) is 135 cm³/mol.